The molecule has 0 radical (unpaired) electrons. The Kier molecular flexibility index (Phi) is 4.81. The zero-order valence-electron chi connectivity index (χ0n) is 24.0. The first-order valence-electron chi connectivity index (χ1n) is 15.4. The minimum absolute atomic E-state index is 1.25. The summed E-state index contributed by atoms with van der Waals surface area (Å²) in [6.07, 6.45) is 0. The first-order valence-corrected chi connectivity index (χ1v) is 15.4. The van der Waals surface area contributed by atoms with E-state index in [4.69, 9.17) is 0 Å². The highest BCUT2D eigenvalue weighted by atomic mass is 14.3. The number of rotatable bonds is 2. The van der Waals surface area contributed by atoms with Crippen LogP contribution in [0.2, 0.25) is 0 Å². The van der Waals surface area contributed by atoms with Gasteiger partial charge in [0.05, 0.1) is 0 Å². The molecule has 0 amide bonds. The predicted octanol–water partition coefficient (Wildman–Crippen LogP) is 12.4. The van der Waals surface area contributed by atoms with Gasteiger partial charge in [-0.25, -0.2) is 0 Å². The van der Waals surface area contributed by atoms with Crippen LogP contribution < -0.4 is 0 Å². The van der Waals surface area contributed by atoms with Crippen LogP contribution in [0.15, 0.2) is 158 Å². The van der Waals surface area contributed by atoms with Crippen molar-refractivity contribution in [3.63, 3.8) is 0 Å². The second-order valence-corrected chi connectivity index (χ2v) is 12.0. The SMILES string of the molecule is c1cc2c3c(cccc3c1)-c1cc(-c3c4ccccc4c(-c4ccc5ccc6ccccc6c5c4)c4ccccc34)ccc1-2. The molecule has 9 aromatic rings. The zero-order chi connectivity index (χ0) is 28.8. The summed E-state index contributed by atoms with van der Waals surface area (Å²) >= 11 is 0. The van der Waals surface area contributed by atoms with Gasteiger partial charge in [-0.05, 0) is 111 Å². The van der Waals surface area contributed by atoms with E-state index in [1.54, 1.807) is 0 Å². The quantitative estimate of drug-likeness (QED) is 0.147. The molecule has 0 bridgehead atoms. The number of hydrogen-bond donors (Lipinski definition) is 0. The van der Waals surface area contributed by atoms with Crippen molar-refractivity contribution in [1.82, 2.24) is 0 Å². The Bertz CT molecular complexity index is 2590. The zero-order valence-corrected chi connectivity index (χ0v) is 24.0. The van der Waals surface area contributed by atoms with E-state index in [1.807, 2.05) is 0 Å². The minimum atomic E-state index is 1.25. The second-order valence-electron chi connectivity index (χ2n) is 12.0. The average molecular weight is 555 g/mol. The maximum Gasteiger partial charge on any atom is -0.00261 e. The van der Waals surface area contributed by atoms with Crippen molar-refractivity contribution < 1.29 is 0 Å². The molecule has 44 heavy (non-hydrogen) atoms. The third kappa shape index (κ3) is 3.23. The van der Waals surface area contributed by atoms with Gasteiger partial charge in [0.2, 0.25) is 0 Å². The Morgan fingerprint density at radius 1 is 0.250 bits per heavy atom. The van der Waals surface area contributed by atoms with E-state index in [0.717, 1.165) is 0 Å². The molecule has 202 valence electrons. The summed E-state index contributed by atoms with van der Waals surface area (Å²) in [4.78, 5) is 0. The molecule has 1 aliphatic carbocycles. The van der Waals surface area contributed by atoms with E-state index in [0.29, 0.717) is 0 Å². The summed E-state index contributed by atoms with van der Waals surface area (Å²) < 4.78 is 0. The summed E-state index contributed by atoms with van der Waals surface area (Å²) in [7, 11) is 0. The number of benzene rings is 9. The highest BCUT2D eigenvalue weighted by Gasteiger charge is 2.23. The Balaban J connectivity index is 1.27. The van der Waals surface area contributed by atoms with E-state index in [1.165, 1.54) is 98.4 Å². The van der Waals surface area contributed by atoms with E-state index in [9.17, 15) is 0 Å². The first kappa shape index (κ1) is 23.8. The first-order chi connectivity index (χ1) is 21.8. The van der Waals surface area contributed by atoms with Gasteiger partial charge in [0.15, 0.2) is 0 Å². The maximum absolute atomic E-state index is 2.43. The summed E-state index contributed by atoms with van der Waals surface area (Å²) in [6.45, 7) is 0. The van der Waals surface area contributed by atoms with E-state index in [2.05, 4.69) is 158 Å². The number of hydrogen-bond acceptors (Lipinski definition) is 0. The molecule has 0 atom stereocenters. The van der Waals surface area contributed by atoms with Crippen LogP contribution in [0.5, 0.6) is 0 Å². The lowest BCUT2D eigenvalue weighted by atomic mass is 9.84. The summed E-state index contributed by atoms with van der Waals surface area (Å²) in [5.41, 5.74) is 10.4. The minimum Gasteiger partial charge on any atom is -0.0616 e. The molecule has 0 fully saturated rings. The molecular weight excluding hydrogens is 528 g/mol. The number of fused-ring (bicyclic) bond motifs is 8. The predicted molar refractivity (Wildman–Crippen MR) is 189 cm³/mol. The summed E-state index contributed by atoms with van der Waals surface area (Å²) in [5.74, 6) is 0. The molecule has 0 unspecified atom stereocenters. The van der Waals surface area contributed by atoms with Gasteiger partial charge < -0.3 is 0 Å². The third-order valence-electron chi connectivity index (χ3n) is 9.76. The fourth-order valence-corrected chi connectivity index (χ4v) is 7.86. The molecule has 0 nitrogen and oxygen atoms in total. The van der Waals surface area contributed by atoms with Gasteiger partial charge in [-0.1, -0.05) is 146 Å². The second kappa shape index (κ2) is 8.89. The van der Waals surface area contributed by atoms with Crippen LogP contribution in [0, 0.1) is 0 Å². The lowest BCUT2D eigenvalue weighted by molar-refractivity contribution is 1.66. The average Bonchev–Trinajstić information content (AvgIpc) is 3.41. The third-order valence-corrected chi connectivity index (χ3v) is 9.76. The Labute approximate surface area is 255 Å². The highest BCUT2D eigenvalue weighted by molar-refractivity contribution is 6.23. The van der Waals surface area contributed by atoms with Gasteiger partial charge >= 0.3 is 0 Å². The fourth-order valence-electron chi connectivity index (χ4n) is 7.86. The maximum atomic E-state index is 2.43. The van der Waals surface area contributed by atoms with Gasteiger partial charge in [-0.3, -0.25) is 0 Å². The van der Waals surface area contributed by atoms with Crippen LogP contribution >= 0.6 is 0 Å². The molecule has 0 saturated carbocycles. The molecule has 0 heteroatoms. The van der Waals surface area contributed by atoms with Crippen molar-refractivity contribution in [2.24, 2.45) is 0 Å². The lowest BCUT2D eigenvalue weighted by Crippen LogP contribution is -1.91. The molecule has 0 aliphatic heterocycles. The van der Waals surface area contributed by atoms with Crippen LogP contribution in [-0.2, 0) is 0 Å². The molecule has 9 aromatic carbocycles. The van der Waals surface area contributed by atoms with E-state index < -0.39 is 0 Å². The molecule has 0 aromatic heterocycles. The molecule has 1 aliphatic rings. The van der Waals surface area contributed by atoms with Gasteiger partial charge in [0.1, 0.15) is 0 Å². The molecule has 0 saturated heterocycles. The summed E-state index contributed by atoms with van der Waals surface area (Å²) in [5, 5.41) is 13.0. The molecular formula is C44H26. The smallest absolute Gasteiger partial charge is 0.00261 e. The molecule has 0 spiro atoms. The van der Waals surface area contributed by atoms with Crippen molar-refractivity contribution in [1.29, 1.82) is 0 Å². The van der Waals surface area contributed by atoms with Crippen molar-refractivity contribution >= 4 is 53.9 Å². The fraction of sp³-hybridized carbons (Fsp3) is 0. The van der Waals surface area contributed by atoms with Crippen LogP contribution in [-0.4, -0.2) is 0 Å². The Hall–Kier alpha value is -5.72. The van der Waals surface area contributed by atoms with Gasteiger partial charge in [-0.2, -0.15) is 0 Å². The van der Waals surface area contributed by atoms with Gasteiger partial charge in [0, 0.05) is 0 Å². The van der Waals surface area contributed by atoms with Crippen molar-refractivity contribution in [2.45, 2.75) is 0 Å². The van der Waals surface area contributed by atoms with Crippen LogP contribution in [0.1, 0.15) is 0 Å². The Morgan fingerprint density at radius 2 is 0.727 bits per heavy atom. The Morgan fingerprint density at radius 3 is 1.39 bits per heavy atom. The normalized spacial score (nSPS) is 12.1. The monoisotopic (exact) mass is 554 g/mol. The van der Waals surface area contributed by atoms with Gasteiger partial charge in [0.25, 0.3) is 0 Å². The molecule has 10 rings (SSSR count). The molecule has 0 heterocycles. The lowest BCUT2D eigenvalue weighted by Gasteiger charge is -2.19. The topological polar surface area (TPSA) is 0 Å². The van der Waals surface area contributed by atoms with Crippen molar-refractivity contribution in [2.75, 3.05) is 0 Å². The van der Waals surface area contributed by atoms with Crippen LogP contribution in [0.3, 0.4) is 0 Å². The highest BCUT2D eigenvalue weighted by Crippen LogP contribution is 2.50. The van der Waals surface area contributed by atoms with Crippen molar-refractivity contribution in [3.05, 3.63) is 158 Å². The van der Waals surface area contributed by atoms with Crippen LogP contribution in [0.25, 0.3) is 98.4 Å². The summed E-state index contributed by atoms with van der Waals surface area (Å²) in [6, 6.07) is 58.6. The molecule has 0 N–H and O–H groups in total. The standard InChI is InChI=1S/C44H26/c1-2-12-32-27(9-1)19-20-28-21-22-30(25-40(28)32)43-35-13-3-5-15-37(35)44(38-16-6-4-14-36(38)43)31-23-24-33-34-17-7-10-29-11-8-18-39(42(29)34)41(33)26-31/h1-26H. The van der Waals surface area contributed by atoms with E-state index in [-0.39, 0.29) is 0 Å². The van der Waals surface area contributed by atoms with Crippen LogP contribution in [0.4, 0.5) is 0 Å². The largest absolute Gasteiger partial charge is 0.0616 e. The van der Waals surface area contributed by atoms with Crippen molar-refractivity contribution in [3.8, 4) is 44.5 Å². The van der Waals surface area contributed by atoms with Gasteiger partial charge in [-0.15, -0.1) is 0 Å². The van der Waals surface area contributed by atoms with E-state index >= 15 is 0 Å².